The molecule has 1 fully saturated rings. The predicted octanol–water partition coefficient (Wildman–Crippen LogP) is 4.44. The maximum Gasteiger partial charge on any atom is 0.160 e. The van der Waals surface area contributed by atoms with Crippen molar-refractivity contribution in [1.82, 2.24) is 4.98 Å². The van der Waals surface area contributed by atoms with E-state index in [1.165, 1.54) is 0 Å². The number of nitrogens with zero attached hydrogens (tertiary/aromatic N) is 1. The minimum Gasteiger partial charge on any atom is -0.497 e. The van der Waals surface area contributed by atoms with Crippen molar-refractivity contribution < 1.29 is 18.9 Å². The standard InChI is InChI=1S/C22H23NO4/c1-24-19-12-17(18-11-16-5-2-3-6-21(16)23-15-18)13-20(14-19)25-10-7-22-26-8-4-9-27-22/h2-3,5-6,11-15,22H,4,7-10H2,1H3. The third-order valence-electron chi connectivity index (χ3n) is 4.56. The van der Waals surface area contributed by atoms with Gasteiger partial charge in [-0.25, -0.2) is 0 Å². The van der Waals surface area contributed by atoms with Gasteiger partial charge in [0.15, 0.2) is 6.29 Å². The van der Waals surface area contributed by atoms with Crippen LogP contribution in [0.3, 0.4) is 0 Å². The Labute approximate surface area is 158 Å². The lowest BCUT2D eigenvalue weighted by atomic mass is 10.0. The molecule has 0 N–H and O–H groups in total. The fraction of sp³-hybridized carbons (Fsp3) is 0.318. The van der Waals surface area contributed by atoms with Crippen LogP contribution in [0.2, 0.25) is 0 Å². The highest BCUT2D eigenvalue weighted by atomic mass is 16.7. The molecule has 5 heteroatoms. The lowest BCUT2D eigenvalue weighted by Gasteiger charge is -2.23. The first-order valence-electron chi connectivity index (χ1n) is 9.22. The van der Waals surface area contributed by atoms with Crippen LogP contribution in [0.15, 0.2) is 54.7 Å². The molecule has 2 aromatic carbocycles. The van der Waals surface area contributed by atoms with E-state index in [0.717, 1.165) is 53.2 Å². The van der Waals surface area contributed by atoms with Gasteiger partial charge in [0.05, 0.1) is 32.4 Å². The van der Waals surface area contributed by atoms with Gasteiger partial charge >= 0.3 is 0 Å². The zero-order chi connectivity index (χ0) is 18.5. The number of hydrogen-bond donors (Lipinski definition) is 0. The quantitative estimate of drug-likeness (QED) is 0.646. The van der Waals surface area contributed by atoms with Crippen LogP contribution in [-0.4, -0.2) is 38.2 Å². The number of ether oxygens (including phenoxy) is 4. The minimum atomic E-state index is -0.173. The second kappa shape index (κ2) is 8.37. The van der Waals surface area contributed by atoms with Crippen LogP contribution < -0.4 is 9.47 Å². The number of rotatable bonds is 6. The van der Waals surface area contributed by atoms with Crippen LogP contribution in [0.1, 0.15) is 12.8 Å². The SMILES string of the molecule is COc1cc(OCCC2OCCCO2)cc(-c2cnc3ccccc3c2)c1. The lowest BCUT2D eigenvalue weighted by Crippen LogP contribution is -2.26. The molecule has 0 atom stereocenters. The molecule has 0 unspecified atom stereocenters. The van der Waals surface area contributed by atoms with E-state index >= 15 is 0 Å². The second-order valence-corrected chi connectivity index (χ2v) is 6.48. The van der Waals surface area contributed by atoms with Crippen molar-refractivity contribution in [3.05, 3.63) is 54.7 Å². The van der Waals surface area contributed by atoms with Crippen LogP contribution in [-0.2, 0) is 9.47 Å². The molecule has 1 aliphatic rings. The summed E-state index contributed by atoms with van der Waals surface area (Å²) in [4.78, 5) is 4.55. The third-order valence-corrected chi connectivity index (χ3v) is 4.56. The van der Waals surface area contributed by atoms with E-state index in [4.69, 9.17) is 18.9 Å². The molecule has 0 spiro atoms. The van der Waals surface area contributed by atoms with Crippen LogP contribution in [0.5, 0.6) is 11.5 Å². The number of benzene rings is 2. The molecule has 1 saturated heterocycles. The topological polar surface area (TPSA) is 49.8 Å². The summed E-state index contributed by atoms with van der Waals surface area (Å²) in [6.07, 6.45) is 3.36. The van der Waals surface area contributed by atoms with Gasteiger partial charge in [-0.1, -0.05) is 18.2 Å². The first-order valence-corrected chi connectivity index (χ1v) is 9.22. The Balaban J connectivity index is 1.52. The number of aromatic nitrogens is 1. The van der Waals surface area contributed by atoms with E-state index in [1.807, 2.05) is 42.6 Å². The summed E-state index contributed by atoms with van der Waals surface area (Å²) in [5, 5.41) is 1.10. The largest absolute Gasteiger partial charge is 0.497 e. The zero-order valence-corrected chi connectivity index (χ0v) is 15.4. The molecular formula is C22H23NO4. The molecule has 3 aromatic rings. The van der Waals surface area contributed by atoms with Gasteiger partial charge in [-0.2, -0.15) is 0 Å². The van der Waals surface area contributed by atoms with Gasteiger partial charge in [-0.05, 0) is 36.2 Å². The summed E-state index contributed by atoms with van der Waals surface area (Å²) >= 11 is 0. The maximum atomic E-state index is 5.94. The summed E-state index contributed by atoms with van der Waals surface area (Å²) in [5.74, 6) is 1.51. The lowest BCUT2D eigenvalue weighted by molar-refractivity contribution is -0.183. The summed E-state index contributed by atoms with van der Waals surface area (Å²) in [7, 11) is 1.66. The fourth-order valence-corrected chi connectivity index (χ4v) is 3.14. The number of hydrogen-bond acceptors (Lipinski definition) is 5. The fourth-order valence-electron chi connectivity index (χ4n) is 3.14. The number of pyridine rings is 1. The zero-order valence-electron chi connectivity index (χ0n) is 15.4. The smallest absolute Gasteiger partial charge is 0.160 e. The summed E-state index contributed by atoms with van der Waals surface area (Å²) in [6.45, 7) is 2.03. The van der Waals surface area contributed by atoms with E-state index in [2.05, 4.69) is 17.1 Å². The van der Waals surface area contributed by atoms with Crippen molar-refractivity contribution in [2.45, 2.75) is 19.1 Å². The molecule has 0 aliphatic carbocycles. The highest BCUT2D eigenvalue weighted by Gasteiger charge is 2.14. The first-order chi connectivity index (χ1) is 13.3. The van der Waals surface area contributed by atoms with Gasteiger partial charge in [0.25, 0.3) is 0 Å². The van der Waals surface area contributed by atoms with Crippen molar-refractivity contribution in [1.29, 1.82) is 0 Å². The van der Waals surface area contributed by atoms with Gasteiger partial charge in [0.2, 0.25) is 0 Å². The Bertz CT molecular complexity index is 906. The van der Waals surface area contributed by atoms with Crippen molar-refractivity contribution in [2.75, 3.05) is 26.9 Å². The number of para-hydroxylation sites is 1. The van der Waals surface area contributed by atoms with Crippen LogP contribution >= 0.6 is 0 Å². The Morgan fingerprint density at radius 1 is 1.00 bits per heavy atom. The highest BCUT2D eigenvalue weighted by molar-refractivity contribution is 5.83. The van der Waals surface area contributed by atoms with Crippen molar-refractivity contribution in [3.63, 3.8) is 0 Å². The molecule has 0 saturated carbocycles. The van der Waals surface area contributed by atoms with Gasteiger partial charge in [-0.15, -0.1) is 0 Å². The monoisotopic (exact) mass is 365 g/mol. The van der Waals surface area contributed by atoms with Crippen molar-refractivity contribution in [3.8, 4) is 22.6 Å². The Morgan fingerprint density at radius 3 is 2.67 bits per heavy atom. The Kier molecular flexibility index (Phi) is 5.51. The summed E-state index contributed by atoms with van der Waals surface area (Å²) in [6, 6.07) is 16.1. The summed E-state index contributed by atoms with van der Waals surface area (Å²) < 4.78 is 22.5. The second-order valence-electron chi connectivity index (χ2n) is 6.48. The number of fused-ring (bicyclic) bond motifs is 1. The van der Waals surface area contributed by atoms with Gasteiger partial charge in [-0.3, -0.25) is 4.98 Å². The third kappa shape index (κ3) is 4.38. The Morgan fingerprint density at radius 2 is 1.81 bits per heavy atom. The molecule has 0 amide bonds. The molecule has 2 heterocycles. The molecule has 27 heavy (non-hydrogen) atoms. The maximum absolute atomic E-state index is 5.94. The molecule has 0 radical (unpaired) electrons. The molecule has 1 aromatic heterocycles. The van der Waals surface area contributed by atoms with Crippen molar-refractivity contribution in [2.24, 2.45) is 0 Å². The van der Waals surface area contributed by atoms with Crippen LogP contribution in [0.25, 0.3) is 22.0 Å². The van der Waals surface area contributed by atoms with Gasteiger partial charge in [0, 0.05) is 29.6 Å². The van der Waals surface area contributed by atoms with E-state index < -0.39 is 0 Å². The van der Waals surface area contributed by atoms with Crippen LogP contribution in [0, 0.1) is 0 Å². The molecule has 5 nitrogen and oxygen atoms in total. The average Bonchev–Trinajstić information content (AvgIpc) is 2.74. The molecule has 140 valence electrons. The Hall–Kier alpha value is -2.63. The number of methoxy groups -OCH3 is 1. The highest BCUT2D eigenvalue weighted by Crippen LogP contribution is 2.31. The first kappa shape index (κ1) is 17.8. The van der Waals surface area contributed by atoms with E-state index in [-0.39, 0.29) is 6.29 Å². The average molecular weight is 365 g/mol. The van der Waals surface area contributed by atoms with Crippen LogP contribution in [0.4, 0.5) is 0 Å². The van der Waals surface area contributed by atoms with E-state index in [0.29, 0.717) is 13.0 Å². The van der Waals surface area contributed by atoms with E-state index in [1.54, 1.807) is 7.11 Å². The van der Waals surface area contributed by atoms with Gasteiger partial charge < -0.3 is 18.9 Å². The predicted molar refractivity (Wildman–Crippen MR) is 104 cm³/mol. The molecule has 1 aliphatic heterocycles. The van der Waals surface area contributed by atoms with E-state index in [9.17, 15) is 0 Å². The molecule has 0 bridgehead atoms. The minimum absolute atomic E-state index is 0.173. The summed E-state index contributed by atoms with van der Waals surface area (Å²) in [5.41, 5.74) is 3.01. The van der Waals surface area contributed by atoms with Crippen molar-refractivity contribution >= 4 is 10.9 Å². The molecule has 4 rings (SSSR count). The normalized spacial score (nSPS) is 15.0. The van der Waals surface area contributed by atoms with Gasteiger partial charge in [0.1, 0.15) is 11.5 Å². The molecular weight excluding hydrogens is 342 g/mol.